The lowest BCUT2D eigenvalue weighted by Gasteiger charge is -2.40. The molecule has 1 saturated heterocycles. The van der Waals surface area contributed by atoms with Gasteiger partial charge in [-0.2, -0.15) is 0 Å². The van der Waals surface area contributed by atoms with E-state index in [0.717, 1.165) is 16.5 Å². The molecule has 0 aromatic heterocycles. The maximum Gasteiger partial charge on any atom is 0.241 e. The van der Waals surface area contributed by atoms with Crippen LogP contribution in [-0.4, -0.2) is 31.1 Å². The fourth-order valence-corrected chi connectivity index (χ4v) is 5.21. The van der Waals surface area contributed by atoms with Gasteiger partial charge >= 0.3 is 0 Å². The second kappa shape index (κ2) is 8.23. The Labute approximate surface area is 195 Å². The molecule has 172 valence electrons. The number of hydrogen-bond acceptors (Lipinski definition) is 5. The van der Waals surface area contributed by atoms with Crippen LogP contribution in [0.25, 0.3) is 0 Å². The predicted molar refractivity (Wildman–Crippen MR) is 122 cm³/mol. The summed E-state index contributed by atoms with van der Waals surface area (Å²) in [6, 6.07) is 6.62. The number of rotatable bonds is 5. The molecule has 4 rings (SSSR count). The van der Waals surface area contributed by atoms with E-state index < -0.39 is 34.9 Å². The number of carbonyl (C=O) groups excluding carboxylic acids is 2. The van der Waals surface area contributed by atoms with E-state index in [1.54, 1.807) is 13.0 Å². The molecular weight excluding hydrogens is 449 g/mol. The zero-order valence-electron chi connectivity index (χ0n) is 18.4. The number of imide groups is 1. The van der Waals surface area contributed by atoms with Gasteiger partial charge in [-0.25, -0.2) is 9.29 Å². The Morgan fingerprint density at radius 1 is 1.21 bits per heavy atom. The van der Waals surface area contributed by atoms with Crippen LogP contribution in [0.3, 0.4) is 0 Å². The SMILES string of the molecule is C=CC1=CCC2C(=O)N(c3ccc(F)c(Cl)c3)C(=O)C2(C)C1c1c(OC)cc(O)cc1OC. The van der Waals surface area contributed by atoms with Gasteiger partial charge < -0.3 is 14.6 Å². The molecule has 0 bridgehead atoms. The summed E-state index contributed by atoms with van der Waals surface area (Å²) in [7, 11) is 2.90. The molecule has 33 heavy (non-hydrogen) atoms. The average Bonchev–Trinajstić information content (AvgIpc) is 3.00. The van der Waals surface area contributed by atoms with Gasteiger partial charge in [0.15, 0.2) is 0 Å². The Bertz CT molecular complexity index is 1180. The van der Waals surface area contributed by atoms with Gasteiger partial charge in [-0.1, -0.05) is 30.3 Å². The lowest BCUT2D eigenvalue weighted by molar-refractivity contribution is -0.127. The zero-order valence-corrected chi connectivity index (χ0v) is 19.1. The van der Waals surface area contributed by atoms with Crippen molar-refractivity contribution >= 4 is 29.1 Å². The third-order valence-electron chi connectivity index (χ3n) is 6.64. The number of carbonyl (C=O) groups is 2. The standard InChI is InChI=1S/C25H23ClFNO5/c1-5-13-6-8-16-23(30)28(14-7-9-18(27)17(26)10-14)24(31)25(16,2)22(13)21-19(32-3)11-15(29)12-20(21)33-4/h5-7,9-12,16,22,29H,1,8H2,2-4H3. The van der Waals surface area contributed by atoms with Gasteiger partial charge in [0.25, 0.3) is 0 Å². The van der Waals surface area contributed by atoms with Crippen LogP contribution in [0.1, 0.15) is 24.8 Å². The quantitative estimate of drug-likeness (QED) is 0.621. The number of allylic oxidation sites excluding steroid dienone is 3. The Kier molecular flexibility index (Phi) is 5.70. The van der Waals surface area contributed by atoms with Gasteiger partial charge in [-0.15, -0.1) is 0 Å². The van der Waals surface area contributed by atoms with Crippen LogP contribution in [0.15, 0.2) is 54.6 Å². The Balaban J connectivity index is 1.94. The van der Waals surface area contributed by atoms with E-state index in [-0.39, 0.29) is 16.5 Å². The minimum Gasteiger partial charge on any atom is -0.508 e. The highest BCUT2D eigenvalue weighted by atomic mass is 35.5. The summed E-state index contributed by atoms with van der Waals surface area (Å²) in [5.41, 5.74) is 0.233. The molecule has 2 amide bonds. The highest BCUT2D eigenvalue weighted by Crippen LogP contribution is 2.60. The number of fused-ring (bicyclic) bond motifs is 1. The van der Waals surface area contributed by atoms with Crippen molar-refractivity contribution in [1.29, 1.82) is 0 Å². The van der Waals surface area contributed by atoms with Crippen LogP contribution < -0.4 is 14.4 Å². The van der Waals surface area contributed by atoms with Crippen molar-refractivity contribution in [3.63, 3.8) is 0 Å². The molecule has 6 nitrogen and oxygen atoms in total. The van der Waals surface area contributed by atoms with Gasteiger partial charge in [-0.3, -0.25) is 9.59 Å². The van der Waals surface area contributed by atoms with Crippen molar-refractivity contribution in [2.45, 2.75) is 19.3 Å². The summed E-state index contributed by atoms with van der Waals surface area (Å²) in [4.78, 5) is 28.5. The number of amides is 2. The van der Waals surface area contributed by atoms with Gasteiger partial charge in [0.05, 0.1) is 36.3 Å². The molecule has 1 aliphatic carbocycles. The molecule has 2 aromatic rings. The van der Waals surface area contributed by atoms with Crippen molar-refractivity contribution in [3.8, 4) is 17.2 Å². The molecule has 0 saturated carbocycles. The number of methoxy groups -OCH3 is 2. The Morgan fingerprint density at radius 2 is 1.85 bits per heavy atom. The fraction of sp³-hybridized carbons (Fsp3) is 0.280. The van der Waals surface area contributed by atoms with Crippen LogP contribution in [-0.2, 0) is 9.59 Å². The van der Waals surface area contributed by atoms with E-state index in [4.69, 9.17) is 21.1 Å². The molecule has 1 aliphatic heterocycles. The Hall–Kier alpha value is -3.32. The highest BCUT2D eigenvalue weighted by Gasteiger charge is 2.63. The topological polar surface area (TPSA) is 76.1 Å². The van der Waals surface area contributed by atoms with Crippen LogP contribution in [0.5, 0.6) is 17.2 Å². The van der Waals surface area contributed by atoms with E-state index in [2.05, 4.69) is 6.58 Å². The minimum absolute atomic E-state index is 0.0644. The Morgan fingerprint density at radius 3 is 2.39 bits per heavy atom. The number of nitrogens with zero attached hydrogens (tertiary/aromatic N) is 1. The predicted octanol–water partition coefficient (Wildman–Crippen LogP) is 5.00. The lowest BCUT2D eigenvalue weighted by atomic mass is 9.59. The van der Waals surface area contributed by atoms with Gasteiger partial charge in [0, 0.05) is 23.6 Å². The summed E-state index contributed by atoms with van der Waals surface area (Å²) in [6.07, 6.45) is 3.85. The van der Waals surface area contributed by atoms with Crippen molar-refractivity contribution in [2.75, 3.05) is 19.1 Å². The molecular formula is C25H23ClFNO5. The van der Waals surface area contributed by atoms with Gasteiger partial charge in [0.1, 0.15) is 23.1 Å². The van der Waals surface area contributed by atoms with Crippen molar-refractivity contribution in [1.82, 2.24) is 0 Å². The third-order valence-corrected chi connectivity index (χ3v) is 6.93. The van der Waals surface area contributed by atoms with E-state index in [1.165, 1.54) is 38.5 Å². The second-order valence-corrected chi connectivity index (χ2v) is 8.66. The number of hydrogen-bond donors (Lipinski definition) is 1. The number of benzene rings is 2. The van der Waals surface area contributed by atoms with Crippen LogP contribution in [0, 0.1) is 17.2 Å². The first-order valence-corrected chi connectivity index (χ1v) is 10.7. The summed E-state index contributed by atoms with van der Waals surface area (Å²) < 4.78 is 24.8. The van der Waals surface area contributed by atoms with Crippen LogP contribution >= 0.6 is 11.6 Å². The summed E-state index contributed by atoms with van der Waals surface area (Å²) in [5.74, 6) is -2.27. The lowest BCUT2D eigenvalue weighted by Crippen LogP contribution is -2.42. The van der Waals surface area contributed by atoms with Crippen molar-refractivity contribution in [2.24, 2.45) is 11.3 Å². The summed E-state index contributed by atoms with van der Waals surface area (Å²) in [5, 5.41) is 9.94. The molecule has 0 radical (unpaired) electrons. The number of ether oxygens (including phenoxy) is 2. The molecule has 1 N–H and O–H groups in total. The maximum atomic E-state index is 14.0. The van der Waals surface area contributed by atoms with E-state index in [9.17, 15) is 19.1 Å². The smallest absolute Gasteiger partial charge is 0.241 e. The number of phenolic OH excluding ortho intramolecular Hbond substituents is 1. The number of halogens is 2. The van der Waals surface area contributed by atoms with Gasteiger partial charge in [0.2, 0.25) is 11.8 Å². The average molecular weight is 472 g/mol. The number of aromatic hydroxyl groups is 1. The minimum atomic E-state index is -1.23. The molecule has 3 atom stereocenters. The molecule has 3 unspecified atom stereocenters. The first kappa shape index (κ1) is 22.9. The van der Waals surface area contributed by atoms with Crippen molar-refractivity contribution in [3.05, 3.63) is 71.0 Å². The van der Waals surface area contributed by atoms with E-state index in [1.807, 2.05) is 6.08 Å². The first-order valence-electron chi connectivity index (χ1n) is 10.3. The number of anilines is 1. The maximum absolute atomic E-state index is 14.0. The summed E-state index contributed by atoms with van der Waals surface area (Å²) >= 11 is 5.93. The van der Waals surface area contributed by atoms with Crippen molar-refractivity contribution < 1.29 is 28.6 Å². The largest absolute Gasteiger partial charge is 0.508 e. The zero-order chi connectivity index (χ0) is 24.1. The van der Waals surface area contributed by atoms with Crippen LogP contribution in [0.4, 0.5) is 10.1 Å². The second-order valence-electron chi connectivity index (χ2n) is 8.25. The first-order chi connectivity index (χ1) is 15.7. The third kappa shape index (κ3) is 3.30. The normalized spacial score (nSPS) is 24.4. The molecule has 8 heteroatoms. The number of phenols is 1. The molecule has 2 aromatic carbocycles. The molecule has 2 aliphatic rings. The monoisotopic (exact) mass is 471 g/mol. The van der Waals surface area contributed by atoms with Gasteiger partial charge in [-0.05, 0) is 37.1 Å². The molecule has 1 fully saturated rings. The molecule has 1 heterocycles. The fourth-order valence-electron chi connectivity index (χ4n) is 5.04. The van der Waals surface area contributed by atoms with Crippen LogP contribution in [0.2, 0.25) is 5.02 Å². The summed E-state index contributed by atoms with van der Waals surface area (Å²) in [6.45, 7) is 5.64. The molecule has 0 spiro atoms. The highest BCUT2D eigenvalue weighted by molar-refractivity contribution is 6.31. The van der Waals surface area contributed by atoms with E-state index in [0.29, 0.717) is 23.5 Å². The van der Waals surface area contributed by atoms with E-state index >= 15 is 0 Å².